The van der Waals surface area contributed by atoms with Crippen molar-refractivity contribution in [3.05, 3.63) is 47.3 Å². The number of hydrogen-bond donors (Lipinski definition) is 0. The van der Waals surface area contributed by atoms with E-state index in [2.05, 4.69) is 28.6 Å². The molecule has 0 fully saturated rings. The van der Waals surface area contributed by atoms with E-state index < -0.39 is 11.8 Å². The lowest BCUT2D eigenvalue weighted by molar-refractivity contribution is 0.0587. The van der Waals surface area contributed by atoms with Crippen molar-refractivity contribution in [3.63, 3.8) is 0 Å². The highest BCUT2D eigenvalue weighted by Gasteiger charge is 2.17. The van der Waals surface area contributed by atoms with Gasteiger partial charge in [-0.15, -0.1) is 0 Å². The monoisotopic (exact) mass is 361 g/mol. The van der Waals surface area contributed by atoms with Crippen LogP contribution in [0.4, 0.5) is 4.39 Å². The van der Waals surface area contributed by atoms with E-state index in [9.17, 15) is 9.18 Å². The number of carbonyl (C=O) groups is 1. The number of hydrogen-bond acceptors (Lipinski definition) is 4. The van der Waals surface area contributed by atoms with Crippen molar-refractivity contribution in [2.45, 2.75) is 20.4 Å². The highest BCUT2D eigenvalue weighted by atomic mass is 35.5. The molecule has 0 amide bonds. The zero-order chi connectivity index (χ0) is 18.1. The molecule has 0 aliphatic rings. The number of benzene rings is 1. The van der Waals surface area contributed by atoms with Crippen molar-refractivity contribution in [1.82, 2.24) is 14.5 Å². The molecule has 2 heterocycles. The quantitative estimate of drug-likeness (QED) is 0.649. The van der Waals surface area contributed by atoms with E-state index in [1.54, 1.807) is 12.3 Å². The van der Waals surface area contributed by atoms with Crippen LogP contribution in [0, 0.1) is 11.7 Å². The Labute approximate surface area is 149 Å². The zero-order valence-electron chi connectivity index (χ0n) is 14.1. The Hall–Kier alpha value is -2.47. The molecule has 2 aromatic heterocycles. The average molecular weight is 362 g/mol. The summed E-state index contributed by atoms with van der Waals surface area (Å²) in [5, 5.41) is 0.800. The van der Waals surface area contributed by atoms with Gasteiger partial charge in [0, 0.05) is 29.9 Å². The predicted molar refractivity (Wildman–Crippen MR) is 94.1 cm³/mol. The molecule has 7 heteroatoms. The molecule has 3 aromatic rings. The Kier molecular flexibility index (Phi) is 4.72. The van der Waals surface area contributed by atoms with Gasteiger partial charge in [-0.2, -0.15) is 0 Å². The second-order valence-electron chi connectivity index (χ2n) is 6.14. The first-order valence-corrected chi connectivity index (χ1v) is 8.18. The second kappa shape index (κ2) is 6.80. The smallest absolute Gasteiger partial charge is 0.376 e. The van der Waals surface area contributed by atoms with Gasteiger partial charge in [-0.3, -0.25) is 0 Å². The average Bonchev–Trinajstić information content (AvgIpc) is 2.94. The molecule has 0 unspecified atom stereocenters. The van der Waals surface area contributed by atoms with E-state index in [1.165, 1.54) is 19.2 Å². The Morgan fingerprint density at radius 3 is 2.80 bits per heavy atom. The minimum atomic E-state index is -0.599. The molecule has 0 spiro atoms. The first-order valence-electron chi connectivity index (χ1n) is 7.80. The van der Waals surface area contributed by atoms with E-state index in [4.69, 9.17) is 11.6 Å². The summed E-state index contributed by atoms with van der Waals surface area (Å²) in [4.78, 5) is 20.1. The minimum Gasteiger partial charge on any atom is -0.463 e. The molecule has 130 valence electrons. The highest BCUT2D eigenvalue weighted by molar-refractivity contribution is 6.30. The van der Waals surface area contributed by atoms with Crippen molar-refractivity contribution in [2.75, 3.05) is 7.11 Å². The molecule has 0 N–H and O–H groups in total. The first-order chi connectivity index (χ1) is 11.9. The Bertz CT molecular complexity index is 953. The van der Waals surface area contributed by atoms with Crippen molar-refractivity contribution in [2.24, 2.45) is 5.92 Å². The molecule has 0 bridgehead atoms. The summed E-state index contributed by atoms with van der Waals surface area (Å²) in [5.74, 6) is -0.733. The lowest BCUT2D eigenvalue weighted by atomic mass is 10.1. The van der Waals surface area contributed by atoms with Crippen LogP contribution < -0.4 is 0 Å². The van der Waals surface area contributed by atoms with Gasteiger partial charge in [-0.25, -0.2) is 19.2 Å². The van der Waals surface area contributed by atoms with Gasteiger partial charge in [0.05, 0.1) is 12.1 Å². The molecule has 5 nitrogen and oxygen atoms in total. The summed E-state index contributed by atoms with van der Waals surface area (Å²) in [5.41, 5.74) is 2.06. The van der Waals surface area contributed by atoms with Gasteiger partial charge >= 0.3 is 5.97 Å². The molecule has 0 saturated carbocycles. The SMILES string of the molecule is COC(=O)c1ncc2c(-c3ccc(Cl)c(F)c3)cn(CC(C)C)c2n1. The van der Waals surface area contributed by atoms with Gasteiger partial charge in [-0.1, -0.05) is 31.5 Å². The third-order valence-electron chi connectivity index (χ3n) is 3.78. The van der Waals surface area contributed by atoms with Crippen LogP contribution in [0.15, 0.2) is 30.6 Å². The molecule has 0 saturated heterocycles. The molecule has 0 aliphatic carbocycles. The fourth-order valence-electron chi connectivity index (χ4n) is 2.68. The van der Waals surface area contributed by atoms with Crippen LogP contribution in [0.1, 0.15) is 24.5 Å². The topological polar surface area (TPSA) is 57.0 Å². The van der Waals surface area contributed by atoms with E-state index in [0.29, 0.717) is 23.7 Å². The molecule has 0 radical (unpaired) electrons. The number of ether oxygens (including phenoxy) is 1. The van der Waals surface area contributed by atoms with E-state index in [0.717, 1.165) is 10.9 Å². The number of rotatable bonds is 4. The third kappa shape index (κ3) is 3.35. The number of methoxy groups -OCH3 is 1. The van der Waals surface area contributed by atoms with E-state index in [-0.39, 0.29) is 10.8 Å². The predicted octanol–water partition coefficient (Wildman–Crippen LogP) is 4.33. The van der Waals surface area contributed by atoms with Gasteiger partial charge < -0.3 is 9.30 Å². The summed E-state index contributed by atoms with van der Waals surface area (Å²) in [6.07, 6.45) is 3.45. The zero-order valence-corrected chi connectivity index (χ0v) is 14.8. The molecule has 0 atom stereocenters. The van der Waals surface area contributed by atoms with Crippen LogP contribution >= 0.6 is 11.6 Å². The number of nitrogens with zero attached hydrogens (tertiary/aromatic N) is 3. The largest absolute Gasteiger partial charge is 0.463 e. The number of esters is 1. The number of aromatic nitrogens is 3. The van der Waals surface area contributed by atoms with Crippen LogP contribution in [-0.2, 0) is 11.3 Å². The van der Waals surface area contributed by atoms with Gasteiger partial charge in [0.15, 0.2) is 0 Å². The fraction of sp³-hybridized carbons (Fsp3) is 0.278. The first kappa shape index (κ1) is 17.4. The third-order valence-corrected chi connectivity index (χ3v) is 4.08. The Morgan fingerprint density at radius 2 is 2.16 bits per heavy atom. The fourth-order valence-corrected chi connectivity index (χ4v) is 2.80. The lowest BCUT2D eigenvalue weighted by Crippen LogP contribution is -2.09. The molecule has 0 aliphatic heterocycles. The second-order valence-corrected chi connectivity index (χ2v) is 6.55. The van der Waals surface area contributed by atoms with Gasteiger partial charge in [0.25, 0.3) is 0 Å². The number of halogens is 2. The Morgan fingerprint density at radius 1 is 1.40 bits per heavy atom. The number of carbonyl (C=O) groups excluding carboxylic acids is 1. The molecule has 1 aromatic carbocycles. The van der Waals surface area contributed by atoms with Crippen molar-refractivity contribution in [3.8, 4) is 11.1 Å². The summed E-state index contributed by atoms with van der Waals surface area (Å²) in [6.45, 7) is 4.86. The maximum absolute atomic E-state index is 13.9. The normalized spacial score (nSPS) is 11.3. The lowest BCUT2D eigenvalue weighted by Gasteiger charge is -2.07. The van der Waals surface area contributed by atoms with E-state index in [1.807, 2.05) is 10.8 Å². The highest BCUT2D eigenvalue weighted by Crippen LogP contribution is 2.32. The maximum atomic E-state index is 13.9. The molecule has 25 heavy (non-hydrogen) atoms. The maximum Gasteiger partial charge on any atom is 0.376 e. The summed E-state index contributed by atoms with van der Waals surface area (Å²) in [7, 11) is 1.28. The summed E-state index contributed by atoms with van der Waals surface area (Å²) < 4.78 is 20.5. The molecular formula is C18H17ClFN3O2. The van der Waals surface area contributed by atoms with Crippen molar-refractivity contribution >= 4 is 28.6 Å². The summed E-state index contributed by atoms with van der Waals surface area (Å²) in [6, 6.07) is 4.64. The minimum absolute atomic E-state index is 0.00746. The van der Waals surface area contributed by atoms with Gasteiger partial charge in [0.1, 0.15) is 11.5 Å². The Balaban J connectivity index is 2.21. The standard InChI is InChI=1S/C18H17ClFN3O2/c1-10(2)8-23-9-13(11-4-5-14(19)15(20)6-11)12-7-21-16(18(24)25-3)22-17(12)23/h4-7,9-10H,8H2,1-3H3. The summed E-state index contributed by atoms with van der Waals surface area (Å²) >= 11 is 5.78. The van der Waals surface area contributed by atoms with Gasteiger partial charge in [-0.05, 0) is 23.6 Å². The van der Waals surface area contributed by atoms with Crippen LogP contribution in [0.25, 0.3) is 22.2 Å². The van der Waals surface area contributed by atoms with Crippen LogP contribution in [-0.4, -0.2) is 27.6 Å². The van der Waals surface area contributed by atoms with Crippen molar-refractivity contribution < 1.29 is 13.9 Å². The van der Waals surface area contributed by atoms with E-state index >= 15 is 0 Å². The van der Waals surface area contributed by atoms with Gasteiger partial charge in [0.2, 0.25) is 5.82 Å². The molecular weight excluding hydrogens is 345 g/mol. The number of fused-ring (bicyclic) bond motifs is 1. The van der Waals surface area contributed by atoms with Crippen LogP contribution in [0.2, 0.25) is 5.02 Å². The van der Waals surface area contributed by atoms with Crippen LogP contribution in [0.3, 0.4) is 0 Å². The molecule has 3 rings (SSSR count). The van der Waals surface area contributed by atoms with Crippen molar-refractivity contribution in [1.29, 1.82) is 0 Å². The van der Waals surface area contributed by atoms with Crippen LogP contribution in [0.5, 0.6) is 0 Å².